The van der Waals surface area contributed by atoms with E-state index in [4.69, 9.17) is 4.74 Å². The van der Waals surface area contributed by atoms with Crippen LogP contribution in [0.25, 0.3) is 0 Å². The number of halogens is 1. The summed E-state index contributed by atoms with van der Waals surface area (Å²) < 4.78 is 31.1. The van der Waals surface area contributed by atoms with E-state index in [1.165, 1.54) is 18.2 Å². The number of sulfonamides is 1. The zero-order valence-corrected chi connectivity index (χ0v) is 25.5. The van der Waals surface area contributed by atoms with Gasteiger partial charge in [0.05, 0.1) is 6.26 Å². The fraction of sp³-hybridized carbons (Fsp3) is 0.367. The third-order valence-electron chi connectivity index (χ3n) is 6.89. The number of hydrogen-bond acceptors (Lipinski definition) is 7. The molecule has 2 amide bonds. The van der Waals surface area contributed by atoms with Crippen LogP contribution in [0, 0.1) is 0 Å². The highest BCUT2D eigenvalue weighted by Crippen LogP contribution is 2.27. The van der Waals surface area contributed by atoms with Gasteiger partial charge in [0.25, 0.3) is 0 Å². The molecule has 0 atom stereocenters. The van der Waals surface area contributed by atoms with Crippen molar-refractivity contribution in [2.24, 2.45) is 0 Å². The summed E-state index contributed by atoms with van der Waals surface area (Å²) >= 11 is 0. The molecule has 0 unspecified atom stereocenters. The van der Waals surface area contributed by atoms with E-state index in [1.54, 1.807) is 24.3 Å². The first-order valence-electron chi connectivity index (χ1n) is 13.8. The Morgan fingerprint density at radius 3 is 2.07 bits per heavy atom. The number of carbonyl (C=O) groups is 1. The van der Waals surface area contributed by atoms with Gasteiger partial charge in [-0.3, -0.25) is 9.62 Å². The number of phenolic OH excluding ortho intramolecular Hbond substituents is 2. The summed E-state index contributed by atoms with van der Waals surface area (Å²) in [5.41, 5.74) is 2.00. The van der Waals surface area contributed by atoms with Crippen LogP contribution in [0.3, 0.4) is 0 Å². The number of urea groups is 1. The summed E-state index contributed by atoms with van der Waals surface area (Å²) in [5.74, 6) is 1.09. The highest BCUT2D eigenvalue weighted by atomic mass is 35.5. The largest absolute Gasteiger partial charge is 0.508 e. The molecule has 0 saturated carbocycles. The molecule has 228 valence electrons. The van der Waals surface area contributed by atoms with Crippen molar-refractivity contribution in [3.63, 3.8) is 0 Å². The Hall–Kier alpha value is -3.67. The minimum Gasteiger partial charge on any atom is -0.508 e. The molecule has 0 spiro atoms. The molecule has 1 fully saturated rings. The number of unbranched alkanes of at least 4 members (excludes halogenated alkanes) is 1. The molecular formula is C30H39ClN4O6S. The molecule has 1 saturated heterocycles. The highest BCUT2D eigenvalue weighted by molar-refractivity contribution is 7.92. The molecule has 42 heavy (non-hydrogen) atoms. The monoisotopic (exact) mass is 618 g/mol. The van der Waals surface area contributed by atoms with Crippen molar-refractivity contribution in [2.75, 3.05) is 35.9 Å². The Labute approximate surface area is 253 Å². The van der Waals surface area contributed by atoms with Crippen LogP contribution >= 0.6 is 12.4 Å². The van der Waals surface area contributed by atoms with E-state index < -0.39 is 10.0 Å². The molecule has 4 N–H and O–H groups in total. The summed E-state index contributed by atoms with van der Waals surface area (Å²) in [7, 11) is -3.33. The molecule has 1 aliphatic heterocycles. The average molecular weight is 619 g/mol. The van der Waals surface area contributed by atoms with Crippen molar-refractivity contribution < 1.29 is 28.2 Å². The lowest BCUT2D eigenvalue weighted by Gasteiger charge is -2.38. The van der Waals surface area contributed by atoms with Crippen molar-refractivity contribution in [1.82, 2.24) is 9.80 Å². The second-order valence-corrected chi connectivity index (χ2v) is 12.1. The average Bonchev–Trinajstić information content (AvgIpc) is 2.90. The van der Waals surface area contributed by atoms with Gasteiger partial charge in [0.1, 0.15) is 23.0 Å². The van der Waals surface area contributed by atoms with Gasteiger partial charge in [0, 0.05) is 61.8 Å². The van der Waals surface area contributed by atoms with Crippen LogP contribution in [0.5, 0.6) is 23.0 Å². The van der Waals surface area contributed by atoms with E-state index in [0.717, 1.165) is 57.1 Å². The molecule has 4 rings (SSSR count). The second-order valence-electron chi connectivity index (χ2n) is 10.4. The summed E-state index contributed by atoms with van der Waals surface area (Å²) in [6.45, 7) is 5.26. The topological polar surface area (TPSA) is 131 Å². The van der Waals surface area contributed by atoms with Gasteiger partial charge in [0.15, 0.2) is 0 Å². The number of piperidine rings is 1. The van der Waals surface area contributed by atoms with Crippen molar-refractivity contribution in [3.8, 4) is 23.0 Å². The first-order valence-corrected chi connectivity index (χ1v) is 15.6. The van der Waals surface area contributed by atoms with E-state index >= 15 is 0 Å². The quantitative estimate of drug-likeness (QED) is 0.208. The Kier molecular flexibility index (Phi) is 11.7. The molecule has 1 heterocycles. The van der Waals surface area contributed by atoms with E-state index in [1.807, 2.05) is 29.2 Å². The lowest BCUT2D eigenvalue weighted by molar-refractivity contribution is 0.122. The van der Waals surface area contributed by atoms with E-state index in [-0.39, 0.29) is 36.0 Å². The van der Waals surface area contributed by atoms with Crippen LogP contribution in [-0.2, 0) is 16.6 Å². The summed E-state index contributed by atoms with van der Waals surface area (Å²) in [6, 6.07) is 18.6. The smallest absolute Gasteiger partial charge is 0.322 e. The van der Waals surface area contributed by atoms with Gasteiger partial charge < -0.3 is 25.2 Å². The maximum atomic E-state index is 13.1. The molecule has 12 heteroatoms. The van der Waals surface area contributed by atoms with Crippen molar-refractivity contribution in [1.29, 1.82) is 0 Å². The maximum absolute atomic E-state index is 13.1. The van der Waals surface area contributed by atoms with Crippen molar-refractivity contribution in [2.45, 2.75) is 45.2 Å². The number of carbonyl (C=O) groups excluding carboxylic acids is 1. The maximum Gasteiger partial charge on any atom is 0.322 e. The van der Waals surface area contributed by atoms with Gasteiger partial charge in [0.2, 0.25) is 10.0 Å². The van der Waals surface area contributed by atoms with Crippen LogP contribution < -0.4 is 14.8 Å². The van der Waals surface area contributed by atoms with Crippen LogP contribution in [0.2, 0.25) is 0 Å². The summed E-state index contributed by atoms with van der Waals surface area (Å²) in [4.78, 5) is 17.4. The number of hydrogen-bond donors (Lipinski definition) is 4. The molecule has 10 nitrogen and oxygen atoms in total. The predicted octanol–water partition coefficient (Wildman–Crippen LogP) is 5.98. The number of rotatable bonds is 11. The molecule has 0 radical (unpaired) electrons. The second kappa shape index (κ2) is 15.0. The fourth-order valence-corrected chi connectivity index (χ4v) is 5.46. The number of anilines is 2. The third kappa shape index (κ3) is 10.0. The SMILES string of the molecule is CCCCN(C(=O)Nc1cc(O)cc(O)c1)C1CCN(Cc2ccc(Oc3ccc(NS(C)(=O)=O)cc3)cc2)CC1.Cl. The molecular weight excluding hydrogens is 580 g/mol. The number of nitrogens with one attached hydrogen (secondary N) is 2. The molecule has 0 bridgehead atoms. The van der Waals surface area contributed by atoms with Gasteiger partial charge >= 0.3 is 6.03 Å². The zero-order valence-electron chi connectivity index (χ0n) is 23.8. The fourth-order valence-electron chi connectivity index (χ4n) is 4.89. The van der Waals surface area contributed by atoms with Gasteiger partial charge in [-0.05, 0) is 61.2 Å². The Balaban J connectivity index is 0.00000484. The molecule has 0 aliphatic carbocycles. The van der Waals surface area contributed by atoms with Crippen LogP contribution in [0.4, 0.5) is 16.2 Å². The lowest BCUT2D eigenvalue weighted by atomic mass is 10.0. The Bertz CT molecular complexity index is 1390. The lowest BCUT2D eigenvalue weighted by Crippen LogP contribution is -2.49. The molecule has 3 aromatic carbocycles. The number of nitrogens with zero attached hydrogens (tertiary/aromatic N) is 2. The Morgan fingerprint density at radius 2 is 1.52 bits per heavy atom. The minimum absolute atomic E-state index is 0. The number of amides is 2. The van der Waals surface area contributed by atoms with Gasteiger partial charge in [-0.25, -0.2) is 13.2 Å². The number of ether oxygens (including phenoxy) is 1. The van der Waals surface area contributed by atoms with E-state index in [0.29, 0.717) is 29.4 Å². The van der Waals surface area contributed by atoms with Crippen LogP contribution in [-0.4, -0.2) is 66.4 Å². The van der Waals surface area contributed by atoms with Crippen LogP contribution in [0.1, 0.15) is 38.2 Å². The summed E-state index contributed by atoms with van der Waals surface area (Å²) in [5, 5.41) is 22.3. The van der Waals surface area contributed by atoms with E-state index in [2.05, 4.69) is 21.9 Å². The number of phenols is 2. The normalized spacial score (nSPS) is 14.0. The van der Waals surface area contributed by atoms with Crippen LogP contribution in [0.15, 0.2) is 66.7 Å². The number of likely N-dealkylation sites (tertiary alicyclic amines) is 1. The molecule has 3 aromatic rings. The standard InChI is InChI=1S/C30H38N4O6S.ClH/c1-3-4-15-34(30(37)31-24-18-26(35)20-27(36)19-24)25-13-16-33(17-14-25)21-22-5-9-28(10-6-22)40-29-11-7-23(8-12-29)32-41(2,38)39;/h5-12,18-20,25,32,35-36H,3-4,13-17,21H2,1-2H3,(H,31,37);1H. The summed E-state index contributed by atoms with van der Waals surface area (Å²) in [6.07, 6.45) is 4.69. The highest BCUT2D eigenvalue weighted by Gasteiger charge is 2.28. The third-order valence-corrected chi connectivity index (χ3v) is 7.49. The van der Waals surface area contributed by atoms with Gasteiger partial charge in [-0.2, -0.15) is 0 Å². The van der Waals surface area contributed by atoms with Crippen molar-refractivity contribution in [3.05, 3.63) is 72.3 Å². The minimum atomic E-state index is -3.33. The van der Waals surface area contributed by atoms with E-state index in [9.17, 15) is 23.4 Å². The first kappa shape index (κ1) is 32.8. The molecule has 0 aromatic heterocycles. The zero-order chi connectivity index (χ0) is 29.4. The predicted molar refractivity (Wildman–Crippen MR) is 167 cm³/mol. The number of benzene rings is 3. The first-order chi connectivity index (χ1) is 19.6. The number of aromatic hydroxyl groups is 2. The van der Waals surface area contributed by atoms with Crippen molar-refractivity contribution >= 4 is 39.8 Å². The molecule has 1 aliphatic rings. The Morgan fingerprint density at radius 1 is 0.952 bits per heavy atom. The van der Waals surface area contributed by atoms with Gasteiger partial charge in [-0.1, -0.05) is 25.5 Å². The van der Waals surface area contributed by atoms with Gasteiger partial charge in [-0.15, -0.1) is 12.4 Å².